The van der Waals surface area contributed by atoms with Gasteiger partial charge in [0.25, 0.3) is 0 Å². The SMILES string of the molecule is CCCn1ncc(Br)c1C(N)c1ccccc1OC(F)F. The molecule has 1 heterocycles. The molecule has 2 rings (SSSR count). The Morgan fingerprint density at radius 1 is 1.38 bits per heavy atom. The molecule has 2 N–H and O–H groups in total. The lowest BCUT2D eigenvalue weighted by Crippen LogP contribution is -2.19. The Hall–Kier alpha value is -1.47. The van der Waals surface area contributed by atoms with Gasteiger partial charge < -0.3 is 10.5 Å². The van der Waals surface area contributed by atoms with E-state index in [4.69, 9.17) is 5.73 Å². The Morgan fingerprint density at radius 3 is 2.76 bits per heavy atom. The van der Waals surface area contributed by atoms with Gasteiger partial charge in [-0.3, -0.25) is 4.68 Å². The van der Waals surface area contributed by atoms with Crippen molar-refractivity contribution in [2.24, 2.45) is 5.73 Å². The summed E-state index contributed by atoms with van der Waals surface area (Å²) < 4.78 is 32.1. The highest BCUT2D eigenvalue weighted by Gasteiger charge is 2.22. The van der Waals surface area contributed by atoms with Crippen LogP contribution in [0.15, 0.2) is 34.9 Å². The fraction of sp³-hybridized carbons (Fsp3) is 0.357. The number of ether oxygens (including phenoxy) is 1. The van der Waals surface area contributed by atoms with Crippen molar-refractivity contribution in [3.05, 3.63) is 46.2 Å². The van der Waals surface area contributed by atoms with Crippen molar-refractivity contribution in [2.75, 3.05) is 0 Å². The molecule has 1 aromatic carbocycles. The van der Waals surface area contributed by atoms with E-state index in [9.17, 15) is 8.78 Å². The topological polar surface area (TPSA) is 53.1 Å². The summed E-state index contributed by atoms with van der Waals surface area (Å²) >= 11 is 3.41. The Balaban J connectivity index is 2.40. The van der Waals surface area contributed by atoms with Crippen molar-refractivity contribution in [2.45, 2.75) is 32.5 Å². The molecule has 21 heavy (non-hydrogen) atoms. The van der Waals surface area contributed by atoms with E-state index < -0.39 is 12.7 Å². The molecule has 0 bridgehead atoms. The van der Waals surface area contributed by atoms with Crippen molar-refractivity contribution < 1.29 is 13.5 Å². The fourth-order valence-corrected chi connectivity index (χ4v) is 2.70. The van der Waals surface area contributed by atoms with Gasteiger partial charge in [-0.15, -0.1) is 0 Å². The normalized spacial score (nSPS) is 12.7. The fourth-order valence-electron chi connectivity index (χ4n) is 2.16. The molecule has 0 saturated carbocycles. The zero-order chi connectivity index (χ0) is 15.4. The number of nitrogens with zero attached hydrogens (tertiary/aromatic N) is 2. The highest BCUT2D eigenvalue weighted by Crippen LogP contribution is 2.32. The van der Waals surface area contributed by atoms with E-state index in [0.717, 1.165) is 16.6 Å². The molecule has 114 valence electrons. The molecule has 7 heteroatoms. The molecule has 1 unspecified atom stereocenters. The maximum Gasteiger partial charge on any atom is 0.387 e. The Labute approximate surface area is 130 Å². The van der Waals surface area contributed by atoms with Crippen molar-refractivity contribution in [1.29, 1.82) is 0 Å². The summed E-state index contributed by atoms with van der Waals surface area (Å²) in [6, 6.07) is 5.92. The second kappa shape index (κ2) is 7.00. The molecule has 0 aliphatic carbocycles. The van der Waals surface area contributed by atoms with E-state index in [1.165, 1.54) is 6.07 Å². The Morgan fingerprint density at radius 2 is 2.10 bits per heavy atom. The molecule has 0 spiro atoms. The lowest BCUT2D eigenvalue weighted by Gasteiger charge is -2.18. The van der Waals surface area contributed by atoms with Crippen LogP contribution in [0, 0.1) is 0 Å². The molecule has 0 radical (unpaired) electrons. The molecule has 0 aliphatic heterocycles. The number of hydrogen-bond donors (Lipinski definition) is 1. The number of para-hydroxylation sites is 1. The third kappa shape index (κ3) is 3.59. The predicted octanol–water partition coefficient (Wildman–Crippen LogP) is 3.71. The van der Waals surface area contributed by atoms with Gasteiger partial charge in [0.2, 0.25) is 0 Å². The highest BCUT2D eigenvalue weighted by molar-refractivity contribution is 9.10. The molecule has 2 aromatic rings. The average Bonchev–Trinajstić information content (AvgIpc) is 2.79. The van der Waals surface area contributed by atoms with Crippen molar-refractivity contribution >= 4 is 15.9 Å². The maximum atomic E-state index is 12.5. The van der Waals surface area contributed by atoms with Gasteiger partial charge in [0.15, 0.2) is 0 Å². The molecule has 0 fully saturated rings. The molecule has 4 nitrogen and oxygen atoms in total. The molecular formula is C14H16BrF2N3O. The van der Waals surface area contributed by atoms with E-state index in [0.29, 0.717) is 12.1 Å². The average molecular weight is 360 g/mol. The van der Waals surface area contributed by atoms with E-state index in [1.807, 2.05) is 6.92 Å². The molecule has 0 amide bonds. The summed E-state index contributed by atoms with van der Waals surface area (Å²) in [4.78, 5) is 0. The predicted molar refractivity (Wildman–Crippen MR) is 79.3 cm³/mol. The van der Waals surface area contributed by atoms with Crippen LogP contribution in [0.4, 0.5) is 8.78 Å². The zero-order valence-electron chi connectivity index (χ0n) is 11.5. The first-order valence-corrected chi connectivity index (χ1v) is 7.34. The number of benzene rings is 1. The van der Waals surface area contributed by atoms with Crippen LogP contribution in [0.3, 0.4) is 0 Å². The Bertz CT molecular complexity index is 604. The molecule has 0 saturated heterocycles. The van der Waals surface area contributed by atoms with Crippen LogP contribution >= 0.6 is 15.9 Å². The van der Waals surface area contributed by atoms with Crippen LogP contribution in [-0.2, 0) is 6.54 Å². The monoisotopic (exact) mass is 359 g/mol. The lowest BCUT2D eigenvalue weighted by molar-refractivity contribution is -0.0505. The van der Waals surface area contributed by atoms with E-state index in [2.05, 4.69) is 25.8 Å². The number of aromatic nitrogens is 2. The summed E-state index contributed by atoms with van der Waals surface area (Å²) in [6.45, 7) is -0.159. The van der Waals surface area contributed by atoms with Crippen LogP contribution in [0.25, 0.3) is 0 Å². The van der Waals surface area contributed by atoms with Crippen LogP contribution in [0.2, 0.25) is 0 Å². The third-order valence-corrected chi connectivity index (χ3v) is 3.64. The van der Waals surface area contributed by atoms with Gasteiger partial charge in [0, 0.05) is 12.1 Å². The summed E-state index contributed by atoms with van der Waals surface area (Å²) in [6.07, 6.45) is 2.55. The van der Waals surface area contributed by atoms with Crippen molar-refractivity contribution in [3.8, 4) is 5.75 Å². The summed E-state index contributed by atoms with van der Waals surface area (Å²) in [7, 11) is 0. The van der Waals surface area contributed by atoms with Gasteiger partial charge in [0.1, 0.15) is 5.75 Å². The zero-order valence-corrected chi connectivity index (χ0v) is 13.1. The van der Waals surface area contributed by atoms with Crippen LogP contribution < -0.4 is 10.5 Å². The van der Waals surface area contributed by atoms with Crippen LogP contribution in [0.1, 0.15) is 30.6 Å². The number of aryl methyl sites for hydroxylation is 1. The third-order valence-electron chi connectivity index (χ3n) is 3.03. The molecule has 1 aromatic heterocycles. The van der Waals surface area contributed by atoms with Gasteiger partial charge in [-0.25, -0.2) is 0 Å². The number of halogens is 3. The van der Waals surface area contributed by atoms with Gasteiger partial charge in [0.05, 0.1) is 22.4 Å². The standard InChI is InChI=1S/C14H16BrF2N3O/c1-2-7-20-13(10(15)8-19-20)12(18)9-5-3-4-6-11(9)21-14(16)17/h3-6,8,12,14H,2,7,18H2,1H3. The Kier molecular flexibility index (Phi) is 5.30. The first-order valence-electron chi connectivity index (χ1n) is 6.55. The van der Waals surface area contributed by atoms with Crippen LogP contribution in [-0.4, -0.2) is 16.4 Å². The van der Waals surface area contributed by atoms with E-state index in [-0.39, 0.29) is 5.75 Å². The van der Waals surface area contributed by atoms with Crippen molar-refractivity contribution in [1.82, 2.24) is 9.78 Å². The second-order valence-corrected chi connectivity index (χ2v) is 5.35. The van der Waals surface area contributed by atoms with Crippen molar-refractivity contribution in [3.63, 3.8) is 0 Å². The summed E-state index contributed by atoms with van der Waals surface area (Å²) in [5.74, 6) is 0.0798. The first kappa shape index (κ1) is 15.9. The van der Waals surface area contributed by atoms with Gasteiger partial charge >= 0.3 is 6.61 Å². The molecule has 0 aliphatic rings. The van der Waals surface area contributed by atoms with Gasteiger partial charge in [-0.1, -0.05) is 25.1 Å². The maximum absolute atomic E-state index is 12.5. The minimum absolute atomic E-state index is 0.0798. The highest BCUT2D eigenvalue weighted by atomic mass is 79.9. The van der Waals surface area contributed by atoms with Gasteiger partial charge in [-0.2, -0.15) is 13.9 Å². The number of rotatable bonds is 6. The quantitative estimate of drug-likeness (QED) is 0.855. The number of hydrogen-bond acceptors (Lipinski definition) is 3. The minimum atomic E-state index is -2.89. The second-order valence-electron chi connectivity index (χ2n) is 4.49. The van der Waals surface area contributed by atoms with E-state index in [1.54, 1.807) is 29.1 Å². The lowest BCUT2D eigenvalue weighted by atomic mass is 10.0. The first-order chi connectivity index (χ1) is 10.0. The molecule has 1 atom stereocenters. The summed E-state index contributed by atoms with van der Waals surface area (Å²) in [5, 5.41) is 4.24. The minimum Gasteiger partial charge on any atom is -0.434 e. The largest absolute Gasteiger partial charge is 0.434 e. The summed E-state index contributed by atoms with van der Waals surface area (Å²) in [5.41, 5.74) is 7.49. The van der Waals surface area contributed by atoms with Gasteiger partial charge in [-0.05, 0) is 28.4 Å². The number of alkyl halides is 2. The smallest absolute Gasteiger partial charge is 0.387 e. The molecular weight excluding hydrogens is 344 g/mol. The van der Waals surface area contributed by atoms with E-state index >= 15 is 0 Å². The number of nitrogens with two attached hydrogens (primary N) is 1. The van der Waals surface area contributed by atoms with Crippen LogP contribution in [0.5, 0.6) is 5.75 Å².